The summed E-state index contributed by atoms with van der Waals surface area (Å²) in [4.78, 5) is 16.9. The molecule has 3 rings (SSSR count). The zero-order chi connectivity index (χ0) is 17.1. The van der Waals surface area contributed by atoms with Gasteiger partial charge in [0.2, 0.25) is 0 Å². The van der Waals surface area contributed by atoms with E-state index >= 15 is 0 Å². The number of pyridine rings is 1. The maximum absolute atomic E-state index is 12.7. The van der Waals surface area contributed by atoms with Crippen LogP contribution in [0.25, 0.3) is 10.8 Å². The van der Waals surface area contributed by atoms with E-state index in [-0.39, 0.29) is 5.91 Å². The molecule has 0 spiro atoms. The fourth-order valence-electron chi connectivity index (χ4n) is 2.72. The third kappa shape index (κ3) is 3.08. The van der Waals surface area contributed by atoms with Crippen LogP contribution in [-0.2, 0) is 0 Å². The SMILES string of the molecule is CCOc1cc(C)c(NC(=O)c2cncc3ccccc23)cc1C. The Labute approximate surface area is 141 Å². The summed E-state index contributed by atoms with van der Waals surface area (Å²) in [7, 11) is 0. The normalized spacial score (nSPS) is 10.6. The van der Waals surface area contributed by atoms with Gasteiger partial charge in [0.1, 0.15) is 5.75 Å². The standard InChI is InChI=1S/C20H20N2O2/c1-4-24-19-10-13(2)18(9-14(19)3)22-20(23)17-12-21-11-15-7-5-6-8-16(15)17/h5-12H,4H2,1-3H3,(H,22,23). The summed E-state index contributed by atoms with van der Waals surface area (Å²) in [5.41, 5.74) is 3.31. The zero-order valence-electron chi connectivity index (χ0n) is 14.1. The number of amides is 1. The first-order valence-corrected chi connectivity index (χ1v) is 7.98. The van der Waals surface area contributed by atoms with Gasteiger partial charge in [0.05, 0.1) is 12.2 Å². The summed E-state index contributed by atoms with van der Waals surface area (Å²) in [6.07, 6.45) is 3.37. The van der Waals surface area contributed by atoms with Gasteiger partial charge < -0.3 is 10.1 Å². The van der Waals surface area contributed by atoms with Gasteiger partial charge in [-0.05, 0) is 49.4 Å². The van der Waals surface area contributed by atoms with Crippen LogP contribution in [0.1, 0.15) is 28.4 Å². The number of benzene rings is 2. The average Bonchev–Trinajstić information content (AvgIpc) is 2.59. The Hall–Kier alpha value is -2.88. The molecule has 122 valence electrons. The van der Waals surface area contributed by atoms with E-state index in [1.807, 2.05) is 57.2 Å². The lowest BCUT2D eigenvalue weighted by atomic mass is 10.1. The molecule has 0 aliphatic heterocycles. The van der Waals surface area contributed by atoms with Crippen molar-refractivity contribution in [3.63, 3.8) is 0 Å². The molecule has 0 saturated carbocycles. The third-order valence-corrected chi connectivity index (χ3v) is 3.98. The maximum atomic E-state index is 12.7. The number of hydrogen-bond donors (Lipinski definition) is 1. The molecule has 0 saturated heterocycles. The number of carbonyl (C=O) groups is 1. The molecule has 24 heavy (non-hydrogen) atoms. The van der Waals surface area contributed by atoms with Crippen molar-refractivity contribution in [2.75, 3.05) is 11.9 Å². The van der Waals surface area contributed by atoms with Gasteiger partial charge in [0.15, 0.2) is 0 Å². The predicted molar refractivity (Wildman–Crippen MR) is 96.8 cm³/mol. The van der Waals surface area contributed by atoms with Crippen LogP contribution in [0.4, 0.5) is 5.69 Å². The first-order valence-electron chi connectivity index (χ1n) is 7.98. The number of aryl methyl sites for hydroxylation is 2. The van der Waals surface area contributed by atoms with E-state index in [9.17, 15) is 4.79 Å². The molecule has 3 aromatic rings. The molecule has 0 unspecified atom stereocenters. The number of hydrogen-bond acceptors (Lipinski definition) is 3. The molecule has 0 atom stereocenters. The van der Waals surface area contributed by atoms with Gasteiger partial charge in [0.25, 0.3) is 5.91 Å². The van der Waals surface area contributed by atoms with E-state index in [0.717, 1.165) is 33.3 Å². The highest BCUT2D eigenvalue weighted by molar-refractivity contribution is 6.12. The summed E-state index contributed by atoms with van der Waals surface area (Å²) >= 11 is 0. The minimum absolute atomic E-state index is 0.161. The van der Waals surface area contributed by atoms with Crippen molar-refractivity contribution in [3.05, 3.63) is 65.5 Å². The number of aromatic nitrogens is 1. The van der Waals surface area contributed by atoms with Gasteiger partial charge in [-0.1, -0.05) is 24.3 Å². The molecule has 2 aromatic carbocycles. The van der Waals surface area contributed by atoms with Crippen molar-refractivity contribution in [2.45, 2.75) is 20.8 Å². The Bertz CT molecular complexity index is 898. The van der Waals surface area contributed by atoms with Crippen LogP contribution < -0.4 is 10.1 Å². The second-order valence-electron chi connectivity index (χ2n) is 5.73. The van der Waals surface area contributed by atoms with Gasteiger partial charge >= 0.3 is 0 Å². The number of nitrogens with zero attached hydrogens (tertiary/aromatic N) is 1. The monoisotopic (exact) mass is 320 g/mol. The summed E-state index contributed by atoms with van der Waals surface area (Å²) in [6, 6.07) is 11.6. The smallest absolute Gasteiger partial charge is 0.257 e. The fourth-order valence-corrected chi connectivity index (χ4v) is 2.72. The molecule has 1 N–H and O–H groups in total. The molecule has 4 heteroatoms. The van der Waals surface area contributed by atoms with E-state index < -0.39 is 0 Å². The predicted octanol–water partition coefficient (Wildman–Crippen LogP) is 4.50. The molecule has 1 aromatic heterocycles. The van der Waals surface area contributed by atoms with Crippen LogP contribution in [0.5, 0.6) is 5.75 Å². The molecule has 0 fully saturated rings. The van der Waals surface area contributed by atoms with Crippen molar-refractivity contribution in [1.82, 2.24) is 4.98 Å². The first kappa shape index (κ1) is 16.0. The molecular formula is C20H20N2O2. The van der Waals surface area contributed by atoms with E-state index in [1.54, 1.807) is 12.4 Å². The third-order valence-electron chi connectivity index (χ3n) is 3.98. The molecule has 1 heterocycles. The van der Waals surface area contributed by atoms with Crippen LogP contribution in [-0.4, -0.2) is 17.5 Å². The van der Waals surface area contributed by atoms with Gasteiger partial charge in [0, 0.05) is 23.5 Å². The van der Waals surface area contributed by atoms with E-state index in [2.05, 4.69) is 10.3 Å². The van der Waals surface area contributed by atoms with Crippen molar-refractivity contribution in [1.29, 1.82) is 0 Å². The Morgan fingerprint density at radius 1 is 1.12 bits per heavy atom. The molecule has 0 aliphatic carbocycles. The summed E-state index contributed by atoms with van der Waals surface area (Å²) < 4.78 is 5.60. The Morgan fingerprint density at radius 3 is 2.71 bits per heavy atom. The molecule has 0 bridgehead atoms. The highest BCUT2D eigenvalue weighted by atomic mass is 16.5. The van der Waals surface area contributed by atoms with Crippen molar-refractivity contribution < 1.29 is 9.53 Å². The average molecular weight is 320 g/mol. The largest absolute Gasteiger partial charge is 0.494 e. The number of anilines is 1. The summed E-state index contributed by atoms with van der Waals surface area (Å²) in [5, 5.41) is 4.84. The molecular weight excluding hydrogens is 300 g/mol. The highest BCUT2D eigenvalue weighted by Crippen LogP contribution is 2.27. The zero-order valence-corrected chi connectivity index (χ0v) is 14.1. The highest BCUT2D eigenvalue weighted by Gasteiger charge is 2.13. The fraction of sp³-hybridized carbons (Fsp3) is 0.200. The quantitative estimate of drug-likeness (QED) is 0.770. The van der Waals surface area contributed by atoms with Crippen molar-refractivity contribution in [3.8, 4) is 5.75 Å². The lowest BCUT2D eigenvalue weighted by Gasteiger charge is -2.14. The maximum Gasteiger partial charge on any atom is 0.257 e. The molecule has 0 radical (unpaired) electrons. The Kier molecular flexibility index (Phi) is 4.47. The number of rotatable bonds is 4. The lowest BCUT2D eigenvalue weighted by Crippen LogP contribution is -2.14. The van der Waals surface area contributed by atoms with Crippen LogP contribution >= 0.6 is 0 Å². The van der Waals surface area contributed by atoms with Gasteiger partial charge in [-0.25, -0.2) is 0 Å². The minimum atomic E-state index is -0.161. The molecule has 4 nitrogen and oxygen atoms in total. The molecule has 1 amide bonds. The second-order valence-corrected chi connectivity index (χ2v) is 5.73. The molecule has 0 aliphatic rings. The van der Waals surface area contributed by atoms with Crippen LogP contribution in [0.2, 0.25) is 0 Å². The second kappa shape index (κ2) is 6.71. The number of fused-ring (bicyclic) bond motifs is 1. The Balaban J connectivity index is 1.93. The van der Waals surface area contributed by atoms with Gasteiger partial charge in [-0.15, -0.1) is 0 Å². The van der Waals surface area contributed by atoms with Crippen LogP contribution in [0, 0.1) is 13.8 Å². The minimum Gasteiger partial charge on any atom is -0.494 e. The number of carbonyl (C=O) groups excluding carboxylic acids is 1. The topological polar surface area (TPSA) is 51.2 Å². The summed E-state index contributed by atoms with van der Waals surface area (Å²) in [5.74, 6) is 0.686. The van der Waals surface area contributed by atoms with E-state index in [1.165, 1.54) is 0 Å². The number of nitrogens with one attached hydrogen (secondary N) is 1. The number of ether oxygens (including phenoxy) is 1. The van der Waals surface area contributed by atoms with Crippen molar-refractivity contribution in [2.24, 2.45) is 0 Å². The van der Waals surface area contributed by atoms with Crippen molar-refractivity contribution >= 4 is 22.4 Å². The lowest BCUT2D eigenvalue weighted by molar-refractivity contribution is 0.102. The Morgan fingerprint density at radius 2 is 1.92 bits per heavy atom. The van der Waals surface area contributed by atoms with Crippen LogP contribution in [0.15, 0.2) is 48.8 Å². The first-order chi connectivity index (χ1) is 11.6. The van der Waals surface area contributed by atoms with Gasteiger partial charge in [-0.2, -0.15) is 0 Å². The summed E-state index contributed by atoms with van der Waals surface area (Å²) in [6.45, 7) is 6.50. The van der Waals surface area contributed by atoms with Crippen LogP contribution in [0.3, 0.4) is 0 Å². The van der Waals surface area contributed by atoms with Gasteiger partial charge in [-0.3, -0.25) is 9.78 Å². The van der Waals surface area contributed by atoms with E-state index in [4.69, 9.17) is 4.74 Å². The van der Waals surface area contributed by atoms with E-state index in [0.29, 0.717) is 12.2 Å².